The molecule has 2 aromatic rings. The number of aryl methyl sites for hydroxylation is 1. The standard InChI is InChI=1S/C11H10N4O3/c1-18-10(17)4-9-13-11-12-5-6-7(15(11)14-9)2-3-8(6)16/h5H,2-4H2,1H3. The van der Waals surface area contributed by atoms with E-state index in [0.717, 1.165) is 5.69 Å². The predicted molar refractivity (Wildman–Crippen MR) is 59.2 cm³/mol. The van der Waals surface area contributed by atoms with E-state index in [2.05, 4.69) is 19.8 Å². The number of fused-ring (bicyclic) bond motifs is 3. The summed E-state index contributed by atoms with van der Waals surface area (Å²) < 4.78 is 6.10. The number of ketones is 1. The van der Waals surface area contributed by atoms with Gasteiger partial charge in [-0.15, -0.1) is 5.10 Å². The van der Waals surface area contributed by atoms with Crippen molar-refractivity contribution in [2.24, 2.45) is 0 Å². The number of ether oxygens (including phenoxy) is 1. The fourth-order valence-electron chi connectivity index (χ4n) is 2.04. The summed E-state index contributed by atoms with van der Waals surface area (Å²) in [5, 5.41) is 4.20. The first-order valence-electron chi connectivity index (χ1n) is 5.52. The Morgan fingerprint density at radius 1 is 1.50 bits per heavy atom. The van der Waals surface area contributed by atoms with Crippen LogP contribution in [0.3, 0.4) is 0 Å². The van der Waals surface area contributed by atoms with Crippen LogP contribution in [0.2, 0.25) is 0 Å². The molecule has 92 valence electrons. The van der Waals surface area contributed by atoms with E-state index >= 15 is 0 Å². The minimum atomic E-state index is -0.404. The van der Waals surface area contributed by atoms with Gasteiger partial charge in [-0.2, -0.15) is 4.98 Å². The Labute approximate surface area is 102 Å². The van der Waals surface area contributed by atoms with E-state index in [1.54, 1.807) is 4.52 Å². The van der Waals surface area contributed by atoms with Crippen LogP contribution in [0.15, 0.2) is 6.20 Å². The predicted octanol–water partition coefficient (Wildman–Crippen LogP) is -0.0313. The van der Waals surface area contributed by atoms with E-state index in [1.807, 2.05) is 0 Å². The normalized spacial score (nSPS) is 13.9. The molecular weight excluding hydrogens is 236 g/mol. The van der Waals surface area contributed by atoms with Crippen molar-refractivity contribution in [3.05, 3.63) is 23.3 Å². The number of rotatable bonds is 2. The number of hydrogen-bond donors (Lipinski definition) is 0. The molecule has 0 radical (unpaired) electrons. The summed E-state index contributed by atoms with van der Waals surface area (Å²) in [4.78, 5) is 30.9. The summed E-state index contributed by atoms with van der Waals surface area (Å²) in [5.74, 6) is 0.424. The molecule has 0 aromatic carbocycles. The van der Waals surface area contributed by atoms with Crippen LogP contribution in [0.1, 0.15) is 28.3 Å². The zero-order valence-electron chi connectivity index (χ0n) is 9.71. The first-order valence-corrected chi connectivity index (χ1v) is 5.52. The Morgan fingerprint density at radius 2 is 2.33 bits per heavy atom. The van der Waals surface area contributed by atoms with Crippen molar-refractivity contribution < 1.29 is 14.3 Å². The van der Waals surface area contributed by atoms with E-state index in [0.29, 0.717) is 30.0 Å². The lowest BCUT2D eigenvalue weighted by molar-refractivity contribution is -0.139. The molecule has 2 aromatic heterocycles. The zero-order valence-corrected chi connectivity index (χ0v) is 9.71. The molecule has 0 unspecified atom stereocenters. The van der Waals surface area contributed by atoms with Crippen LogP contribution in [0, 0.1) is 0 Å². The molecular formula is C11H10N4O3. The van der Waals surface area contributed by atoms with Gasteiger partial charge in [0.1, 0.15) is 6.42 Å². The van der Waals surface area contributed by atoms with Crippen LogP contribution in [-0.2, 0) is 22.4 Å². The molecule has 1 aliphatic carbocycles. The second-order valence-electron chi connectivity index (χ2n) is 4.03. The number of esters is 1. The van der Waals surface area contributed by atoms with Gasteiger partial charge in [0.25, 0.3) is 5.78 Å². The van der Waals surface area contributed by atoms with Gasteiger partial charge in [0.05, 0.1) is 18.4 Å². The highest BCUT2D eigenvalue weighted by Gasteiger charge is 2.24. The molecule has 18 heavy (non-hydrogen) atoms. The average Bonchev–Trinajstić information content (AvgIpc) is 2.92. The smallest absolute Gasteiger partial charge is 0.313 e. The number of carbonyl (C=O) groups excluding carboxylic acids is 2. The van der Waals surface area contributed by atoms with Crippen LogP contribution in [-0.4, -0.2) is 38.4 Å². The van der Waals surface area contributed by atoms with Gasteiger partial charge in [-0.05, 0) is 6.42 Å². The molecule has 0 saturated heterocycles. The molecule has 0 aliphatic heterocycles. The van der Waals surface area contributed by atoms with E-state index in [1.165, 1.54) is 13.3 Å². The summed E-state index contributed by atoms with van der Waals surface area (Å²) in [6.07, 6.45) is 2.63. The Morgan fingerprint density at radius 3 is 3.11 bits per heavy atom. The van der Waals surface area contributed by atoms with E-state index in [4.69, 9.17) is 0 Å². The average molecular weight is 246 g/mol. The number of carbonyl (C=O) groups is 2. The maximum Gasteiger partial charge on any atom is 0.313 e. The van der Waals surface area contributed by atoms with Crippen LogP contribution in [0.25, 0.3) is 5.78 Å². The summed E-state index contributed by atoms with van der Waals surface area (Å²) >= 11 is 0. The van der Waals surface area contributed by atoms with Gasteiger partial charge >= 0.3 is 5.97 Å². The highest BCUT2D eigenvalue weighted by molar-refractivity contribution is 5.99. The number of nitrogens with zero attached hydrogens (tertiary/aromatic N) is 4. The fraction of sp³-hybridized carbons (Fsp3) is 0.364. The number of Topliss-reactive ketones (excluding diaryl/α,β-unsaturated/α-hetero) is 1. The largest absolute Gasteiger partial charge is 0.469 e. The van der Waals surface area contributed by atoms with Gasteiger partial charge in [0.15, 0.2) is 11.6 Å². The molecule has 0 N–H and O–H groups in total. The van der Waals surface area contributed by atoms with Gasteiger partial charge in [0.2, 0.25) is 0 Å². The lowest BCUT2D eigenvalue weighted by Crippen LogP contribution is -2.06. The van der Waals surface area contributed by atoms with Gasteiger partial charge in [-0.3, -0.25) is 9.59 Å². The lowest BCUT2D eigenvalue weighted by atomic mass is 10.2. The van der Waals surface area contributed by atoms with Gasteiger partial charge in [-0.1, -0.05) is 0 Å². The zero-order chi connectivity index (χ0) is 12.7. The fourth-order valence-corrected chi connectivity index (χ4v) is 2.04. The van der Waals surface area contributed by atoms with Crippen molar-refractivity contribution in [3.63, 3.8) is 0 Å². The number of methoxy groups -OCH3 is 1. The third-order valence-corrected chi connectivity index (χ3v) is 2.93. The molecule has 0 atom stereocenters. The molecule has 1 aliphatic rings. The molecule has 2 heterocycles. The second-order valence-corrected chi connectivity index (χ2v) is 4.03. The van der Waals surface area contributed by atoms with Crippen molar-refractivity contribution in [1.82, 2.24) is 19.6 Å². The van der Waals surface area contributed by atoms with Crippen LogP contribution < -0.4 is 0 Å². The quantitative estimate of drug-likeness (QED) is 0.691. The molecule has 0 bridgehead atoms. The molecule has 7 nitrogen and oxygen atoms in total. The minimum absolute atomic E-state index is 0.00256. The van der Waals surface area contributed by atoms with Crippen molar-refractivity contribution in [1.29, 1.82) is 0 Å². The Bertz CT molecular complexity index is 662. The third kappa shape index (κ3) is 1.55. The van der Waals surface area contributed by atoms with E-state index in [9.17, 15) is 9.59 Å². The SMILES string of the molecule is COC(=O)Cc1nc2ncc3c(n2n1)CCC3=O. The van der Waals surface area contributed by atoms with Crippen LogP contribution in [0.4, 0.5) is 0 Å². The monoisotopic (exact) mass is 246 g/mol. The van der Waals surface area contributed by atoms with Crippen molar-refractivity contribution in [2.45, 2.75) is 19.3 Å². The third-order valence-electron chi connectivity index (χ3n) is 2.93. The van der Waals surface area contributed by atoms with E-state index in [-0.39, 0.29) is 12.2 Å². The van der Waals surface area contributed by atoms with Gasteiger partial charge in [0, 0.05) is 12.6 Å². The Hall–Kier alpha value is -2.31. The molecule has 3 rings (SSSR count). The summed E-state index contributed by atoms with van der Waals surface area (Å²) in [7, 11) is 1.31. The summed E-state index contributed by atoms with van der Waals surface area (Å²) in [6.45, 7) is 0. The van der Waals surface area contributed by atoms with Crippen LogP contribution >= 0.6 is 0 Å². The van der Waals surface area contributed by atoms with E-state index < -0.39 is 5.97 Å². The molecule has 0 amide bonds. The van der Waals surface area contributed by atoms with Crippen molar-refractivity contribution in [2.75, 3.05) is 7.11 Å². The van der Waals surface area contributed by atoms with Crippen molar-refractivity contribution in [3.8, 4) is 0 Å². The second kappa shape index (κ2) is 3.86. The maximum absolute atomic E-state index is 11.6. The highest BCUT2D eigenvalue weighted by Crippen LogP contribution is 2.21. The van der Waals surface area contributed by atoms with Crippen molar-refractivity contribution >= 4 is 17.5 Å². The number of aromatic nitrogens is 4. The van der Waals surface area contributed by atoms with Gasteiger partial charge < -0.3 is 4.74 Å². The highest BCUT2D eigenvalue weighted by atomic mass is 16.5. The van der Waals surface area contributed by atoms with Crippen LogP contribution in [0.5, 0.6) is 0 Å². The minimum Gasteiger partial charge on any atom is -0.469 e. The lowest BCUT2D eigenvalue weighted by Gasteiger charge is -1.98. The number of hydrogen-bond acceptors (Lipinski definition) is 6. The summed E-state index contributed by atoms with van der Waals surface area (Å²) in [5.41, 5.74) is 1.41. The molecule has 0 fully saturated rings. The Kier molecular flexibility index (Phi) is 2.32. The first kappa shape index (κ1) is 10.8. The topological polar surface area (TPSA) is 86.4 Å². The molecule has 0 spiro atoms. The molecule has 0 saturated carbocycles. The maximum atomic E-state index is 11.6. The first-order chi connectivity index (χ1) is 8.69. The van der Waals surface area contributed by atoms with Gasteiger partial charge in [-0.25, -0.2) is 9.50 Å². The Balaban J connectivity index is 2.08. The molecule has 7 heteroatoms. The summed E-state index contributed by atoms with van der Waals surface area (Å²) in [6, 6.07) is 0.